The average molecular weight is 341 g/mol. The molecular weight excluding hydrogens is 320 g/mol. The zero-order valence-corrected chi connectivity index (χ0v) is 13.8. The molecule has 0 bridgehead atoms. The summed E-state index contributed by atoms with van der Waals surface area (Å²) in [5.74, 6) is 0.260. The fourth-order valence-electron chi connectivity index (χ4n) is 2.27. The summed E-state index contributed by atoms with van der Waals surface area (Å²) in [6.07, 6.45) is 2.13. The minimum absolute atomic E-state index is 0.0506. The van der Waals surface area contributed by atoms with E-state index < -0.39 is 5.60 Å². The van der Waals surface area contributed by atoms with Gasteiger partial charge in [-0.05, 0) is 57.2 Å². The highest BCUT2D eigenvalue weighted by Crippen LogP contribution is 2.38. The minimum Gasteiger partial charge on any atom is -0.458 e. The molecule has 3 nitrogen and oxygen atoms in total. The minimum atomic E-state index is -0.444. The van der Waals surface area contributed by atoms with Crippen molar-refractivity contribution in [1.82, 2.24) is 0 Å². The fourth-order valence-corrected chi connectivity index (χ4v) is 2.53. The second-order valence-electron chi connectivity index (χ2n) is 6.24. The summed E-state index contributed by atoms with van der Waals surface area (Å²) in [7, 11) is 0. The lowest BCUT2D eigenvalue weighted by molar-refractivity contribution is -0.164. The van der Waals surface area contributed by atoms with E-state index in [4.69, 9.17) is 9.47 Å². The lowest BCUT2D eigenvalue weighted by Gasteiger charge is -2.35. The van der Waals surface area contributed by atoms with Crippen LogP contribution in [0.15, 0.2) is 28.7 Å². The van der Waals surface area contributed by atoms with E-state index in [1.54, 1.807) is 0 Å². The fraction of sp³-hybridized carbons (Fsp3) is 0.562. The molecule has 1 saturated carbocycles. The maximum absolute atomic E-state index is 11.5. The summed E-state index contributed by atoms with van der Waals surface area (Å²) in [4.78, 5) is 11.5. The Morgan fingerprint density at radius 2 is 1.85 bits per heavy atom. The third-order valence-electron chi connectivity index (χ3n) is 3.29. The number of ether oxygens (including phenoxy) is 2. The van der Waals surface area contributed by atoms with Gasteiger partial charge in [-0.2, -0.15) is 0 Å². The highest BCUT2D eigenvalue weighted by atomic mass is 79.9. The Hall–Kier alpha value is -0.870. The molecule has 0 radical (unpaired) electrons. The smallest absolute Gasteiger partial charge is 0.332 e. The van der Waals surface area contributed by atoms with Gasteiger partial charge in [0.15, 0.2) is 0 Å². The van der Waals surface area contributed by atoms with Crippen LogP contribution in [-0.4, -0.2) is 24.3 Å². The molecule has 0 aliphatic heterocycles. The summed E-state index contributed by atoms with van der Waals surface area (Å²) in [6.45, 7) is 5.63. The second kappa shape index (κ2) is 6.27. The lowest BCUT2D eigenvalue weighted by atomic mass is 9.77. The molecule has 1 aliphatic carbocycles. The SMILES string of the molecule is CC(C)(C)OC(=O)CO[C@H]1C[C@@H](c2ccc(Br)cc2)C1. The molecule has 110 valence electrons. The monoisotopic (exact) mass is 340 g/mol. The molecule has 0 N–H and O–H groups in total. The zero-order chi connectivity index (χ0) is 14.8. The number of hydrogen-bond acceptors (Lipinski definition) is 3. The van der Waals surface area contributed by atoms with E-state index in [9.17, 15) is 4.79 Å². The van der Waals surface area contributed by atoms with E-state index in [1.165, 1.54) is 5.56 Å². The number of esters is 1. The number of halogens is 1. The van der Waals surface area contributed by atoms with Gasteiger partial charge in [0.25, 0.3) is 0 Å². The highest BCUT2D eigenvalue weighted by Gasteiger charge is 2.31. The number of carbonyl (C=O) groups excluding carboxylic acids is 1. The zero-order valence-electron chi connectivity index (χ0n) is 12.2. The van der Waals surface area contributed by atoms with E-state index in [0.29, 0.717) is 5.92 Å². The summed E-state index contributed by atoms with van der Waals surface area (Å²) in [6, 6.07) is 8.39. The Morgan fingerprint density at radius 1 is 1.25 bits per heavy atom. The van der Waals surface area contributed by atoms with Crippen LogP contribution in [0.25, 0.3) is 0 Å². The summed E-state index contributed by atoms with van der Waals surface area (Å²) < 4.78 is 11.9. The molecular formula is C16H21BrO3. The molecule has 1 aromatic rings. The van der Waals surface area contributed by atoms with E-state index in [-0.39, 0.29) is 18.7 Å². The topological polar surface area (TPSA) is 35.5 Å². The van der Waals surface area contributed by atoms with E-state index in [1.807, 2.05) is 20.8 Å². The van der Waals surface area contributed by atoms with Crippen molar-refractivity contribution in [3.8, 4) is 0 Å². The van der Waals surface area contributed by atoms with Gasteiger partial charge in [-0.15, -0.1) is 0 Å². The van der Waals surface area contributed by atoms with Crippen molar-refractivity contribution in [2.45, 2.75) is 51.2 Å². The predicted molar refractivity (Wildman–Crippen MR) is 81.7 cm³/mol. The van der Waals surface area contributed by atoms with Crippen LogP contribution in [0.4, 0.5) is 0 Å². The third kappa shape index (κ3) is 4.60. The normalized spacial score (nSPS) is 22.2. The van der Waals surface area contributed by atoms with Gasteiger partial charge < -0.3 is 9.47 Å². The van der Waals surface area contributed by atoms with Crippen LogP contribution < -0.4 is 0 Å². The number of rotatable bonds is 4. The van der Waals surface area contributed by atoms with Crippen molar-refractivity contribution in [3.63, 3.8) is 0 Å². The van der Waals surface area contributed by atoms with Crippen LogP contribution in [0, 0.1) is 0 Å². The summed E-state index contributed by atoms with van der Waals surface area (Å²) in [5.41, 5.74) is 0.894. The summed E-state index contributed by atoms with van der Waals surface area (Å²) >= 11 is 3.43. The van der Waals surface area contributed by atoms with Crippen molar-refractivity contribution >= 4 is 21.9 Å². The van der Waals surface area contributed by atoms with Gasteiger partial charge >= 0.3 is 5.97 Å². The molecule has 4 heteroatoms. The van der Waals surface area contributed by atoms with Crippen LogP contribution in [-0.2, 0) is 14.3 Å². The van der Waals surface area contributed by atoms with Crippen LogP contribution >= 0.6 is 15.9 Å². The van der Waals surface area contributed by atoms with Gasteiger partial charge in [0, 0.05) is 4.47 Å². The van der Waals surface area contributed by atoms with Crippen molar-refractivity contribution in [3.05, 3.63) is 34.3 Å². The molecule has 0 spiro atoms. The first-order chi connectivity index (χ1) is 9.33. The molecule has 1 aromatic carbocycles. The molecule has 0 atom stereocenters. The molecule has 0 heterocycles. The molecule has 2 rings (SSSR count). The van der Waals surface area contributed by atoms with Crippen molar-refractivity contribution in [2.75, 3.05) is 6.61 Å². The number of benzene rings is 1. The Bertz CT molecular complexity index is 456. The van der Waals surface area contributed by atoms with Gasteiger partial charge in [-0.3, -0.25) is 0 Å². The lowest BCUT2D eigenvalue weighted by Crippen LogP contribution is -2.33. The molecule has 20 heavy (non-hydrogen) atoms. The maximum atomic E-state index is 11.5. The Labute approximate surface area is 128 Å². The van der Waals surface area contributed by atoms with Gasteiger partial charge in [0.05, 0.1) is 6.10 Å². The Kier molecular flexibility index (Phi) is 4.86. The third-order valence-corrected chi connectivity index (χ3v) is 3.82. The molecule has 0 aromatic heterocycles. The van der Waals surface area contributed by atoms with E-state index in [2.05, 4.69) is 40.2 Å². The number of hydrogen-bond donors (Lipinski definition) is 0. The van der Waals surface area contributed by atoms with Gasteiger partial charge in [0.2, 0.25) is 0 Å². The van der Waals surface area contributed by atoms with Crippen LogP contribution in [0.5, 0.6) is 0 Å². The first-order valence-electron chi connectivity index (χ1n) is 6.92. The quantitative estimate of drug-likeness (QED) is 0.775. The molecule has 1 fully saturated rings. The predicted octanol–water partition coefficient (Wildman–Crippen LogP) is 4.05. The van der Waals surface area contributed by atoms with Crippen molar-refractivity contribution in [2.24, 2.45) is 0 Å². The van der Waals surface area contributed by atoms with E-state index in [0.717, 1.165) is 17.3 Å². The van der Waals surface area contributed by atoms with Crippen molar-refractivity contribution < 1.29 is 14.3 Å². The van der Waals surface area contributed by atoms with E-state index >= 15 is 0 Å². The van der Waals surface area contributed by atoms with Crippen LogP contribution in [0.2, 0.25) is 0 Å². The Morgan fingerprint density at radius 3 is 2.40 bits per heavy atom. The van der Waals surface area contributed by atoms with Crippen LogP contribution in [0.1, 0.15) is 45.1 Å². The van der Waals surface area contributed by atoms with Gasteiger partial charge in [-0.25, -0.2) is 4.79 Å². The maximum Gasteiger partial charge on any atom is 0.332 e. The Balaban J connectivity index is 1.69. The van der Waals surface area contributed by atoms with Crippen LogP contribution in [0.3, 0.4) is 0 Å². The number of carbonyl (C=O) groups is 1. The first kappa shape index (κ1) is 15.5. The molecule has 1 aliphatic rings. The first-order valence-corrected chi connectivity index (χ1v) is 7.72. The second-order valence-corrected chi connectivity index (χ2v) is 7.16. The van der Waals surface area contributed by atoms with Crippen molar-refractivity contribution in [1.29, 1.82) is 0 Å². The van der Waals surface area contributed by atoms with Gasteiger partial charge in [0.1, 0.15) is 12.2 Å². The largest absolute Gasteiger partial charge is 0.458 e. The molecule has 0 unspecified atom stereocenters. The standard InChI is InChI=1S/C16H21BrO3/c1-16(2,3)20-15(18)10-19-14-8-12(9-14)11-4-6-13(17)7-5-11/h4-7,12,14H,8-10H2,1-3H3/t12-,14+. The average Bonchev–Trinajstić information content (AvgIpc) is 2.27. The summed E-state index contributed by atoms with van der Waals surface area (Å²) in [5, 5.41) is 0. The molecule has 0 saturated heterocycles. The molecule has 0 amide bonds. The highest BCUT2D eigenvalue weighted by molar-refractivity contribution is 9.10. The van der Waals surface area contributed by atoms with Gasteiger partial charge in [-0.1, -0.05) is 28.1 Å².